The Hall–Kier alpha value is -2.61. The predicted octanol–water partition coefficient (Wildman–Crippen LogP) is 2.53. The zero-order valence-electron chi connectivity index (χ0n) is 15.0. The topological polar surface area (TPSA) is 93.1 Å². The second kappa shape index (κ2) is 6.60. The van der Waals surface area contributed by atoms with Gasteiger partial charge in [0.25, 0.3) is 0 Å². The van der Waals surface area contributed by atoms with Crippen LogP contribution >= 0.6 is 0 Å². The molecule has 1 aromatic heterocycles. The first-order valence-corrected chi connectivity index (χ1v) is 10.1. The van der Waals surface area contributed by atoms with Crippen LogP contribution in [-0.2, 0) is 21.4 Å². The number of fused-ring (bicyclic) bond motifs is 1. The van der Waals surface area contributed by atoms with Gasteiger partial charge in [-0.2, -0.15) is 5.10 Å². The molecule has 1 aromatic carbocycles. The molecule has 2 aromatic rings. The van der Waals surface area contributed by atoms with Gasteiger partial charge in [-0.25, -0.2) is 8.42 Å². The molecule has 26 heavy (non-hydrogen) atoms. The second-order valence-corrected chi connectivity index (χ2v) is 8.28. The van der Waals surface area contributed by atoms with E-state index in [1.54, 1.807) is 18.2 Å². The smallest absolute Gasteiger partial charge is 0.229 e. The van der Waals surface area contributed by atoms with Crippen molar-refractivity contribution in [2.75, 3.05) is 16.3 Å². The van der Waals surface area contributed by atoms with E-state index < -0.39 is 10.0 Å². The van der Waals surface area contributed by atoms with Crippen LogP contribution in [0, 0.1) is 13.8 Å². The molecule has 2 N–H and O–H groups in total. The van der Waals surface area contributed by atoms with E-state index in [2.05, 4.69) is 21.7 Å². The van der Waals surface area contributed by atoms with Gasteiger partial charge in [0.2, 0.25) is 15.9 Å². The summed E-state index contributed by atoms with van der Waals surface area (Å²) in [5, 5.41) is 7.40. The maximum Gasteiger partial charge on any atom is 0.229 e. The fourth-order valence-corrected chi connectivity index (χ4v) is 4.07. The summed E-state index contributed by atoms with van der Waals surface area (Å²) in [5.74, 6) is -0.223. The molecule has 0 saturated heterocycles. The lowest BCUT2D eigenvalue weighted by atomic mass is 9.83. The molecule has 0 spiro atoms. The number of nitrogens with zero attached hydrogens (tertiary/aromatic N) is 2. The van der Waals surface area contributed by atoms with Crippen molar-refractivity contribution in [1.82, 2.24) is 9.78 Å². The van der Waals surface area contributed by atoms with E-state index in [4.69, 9.17) is 0 Å². The van der Waals surface area contributed by atoms with Gasteiger partial charge in [0, 0.05) is 29.3 Å². The van der Waals surface area contributed by atoms with Gasteiger partial charge in [0.1, 0.15) is 0 Å². The summed E-state index contributed by atoms with van der Waals surface area (Å²) < 4.78 is 27.2. The number of anilines is 2. The number of hydrogen-bond donors (Lipinski definition) is 2. The summed E-state index contributed by atoms with van der Waals surface area (Å²) in [6.07, 6.45) is 3.20. The quantitative estimate of drug-likeness (QED) is 0.787. The molecule has 0 aliphatic carbocycles. The normalized spacial score (nSPS) is 16.7. The van der Waals surface area contributed by atoms with Gasteiger partial charge < -0.3 is 5.32 Å². The average molecular weight is 374 g/mol. The Morgan fingerprint density at radius 3 is 2.81 bits per heavy atom. The fourth-order valence-electron chi connectivity index (χ4n) is 3.52. The molecule has 0 radical (unpaired) electrons. The molecule has 0 fully saturated rings. The van der Waals surface area contributed by atoms with Crippen molar-refractivity contribution in [2.24, 2.45) is 0 Å². The van der Waals surface area contributed by atoms with Gasteiger partial charge in [-0.1, -0.05) is 12.1 Å². The van der Waals surface area contributed by atoms with E-state index >= 15 is 0 Å². The molecule has 2 heterocycles. The lowest BCUT2D eigenvalue weighted by molar-refractivity contribution is -0.116. The van der Waals surface area contributed by atoms with Crippen molar-refractivity contribution in [3.63, 3.8) is 0 Å². The number of amides is 1. The summed E-state index contributed by atoms with van der Waals surface area (Å²) >= 11 is 0. The zero-order valence-corrected chi connectivity index (χ0v) is 15.9. The van der Waals surface area contributed by atoms with Gasteiger partial charge in [0.05, 0.1) is 24.2 Å². The SMILES string of the molecule is C=CCn1nc(C)c([C@H]2CC(=O)Nc3cc(NS(C)(=O)=O)ccc32)c1C. The average Bonchev–Trinajstić information content (AvgIpc) is 2.79. The van der Waals surface area contributed by atoms with E-state index in [0.717, 1.165) is 28.8 Å². The third kappa shape index (κ3) is 3.50. The van der Waals surface area contributed by atoms with E-state index in [1.165, 1.54) is 0 Å². The van der Waals surface area contributed by atoms with Crippen LogP contribution in [-0.4, -0.2) is 30.4 Å². The summed E-state index contributed by atoms with van der Waals surface area (Å²) in [4.78, 5) is 12.3. The Labute approximate surface area is 153 Å². The number of benzene rings is 1. The number of sulfonamides is 1. The van der Waals surface area contributed by atoms with E-state index in [1.807, 2.05) is 24.6 Å². The molecule has 0 unspecified atom stereocenters. The highest BCUT2D eigenvalue weighted by Crippen LogP contribution is 2.40. The van der Waals surface area contributed by atoms with Crippen LogP contribution in [0.5, 0.6) is 0 Å². The van der Waals surface area contributed by atoms with Crippen LogP contribution < -0.4 is 10.0 Å². The van der Waals surface area contributed by atoms with E-state index in [9.17, 15) is 13.2 Å². The van der Waals surface area contributed by atoms with Crippen molar-refractivity contribution in [1.29, 1.82) is 0 Å². The third-order valence-corrected chi connectivity index (χ3v) is 5.09. The lowest BCUT2D eigenvalue weighted by Crippen LogP contribution is -2.24. The second-order valence-electron chi connectivity index (χ2n) is 6.54. The largest absolute Gasteiger partial charge is 0.326 e. The molecule has 1 amide bonds. The van der Waals surface area contributed by atoms with Crippen molar-refractivity contribution >= 4 is 27.3 Å². The molecule has 0 bridgehead atoms. The van der Waals surface area contributed by atoms with Gasteiger partial charge in [0.15, 0.2) is 0 Å². The van der Waals surface area contributed by atoms with Crippen molar-refractivity contribution in [3.05, 3.63) is 53.4 Å². The Bertz CT molecular complexity index is 992. The summed E-state index contributed by atoms with van der Waals surface area (Å²) in [6.45, 7) is 8.29. The van der Waals surface area contributed by atoms with Crippen molar-refractivity contribution in [3.8, 4) is 0 Å². The molecular formula is C18H22N4O3S. The number of carbonyl (C=O) groups is 1. The van der Waals surface area contributed by atoms with Crippen LogP contribution in [0.3, 0.4) is 0 Å². The Morgan fingerprint density at radius 1 is 1.42 bits per heavy atom. The summed E-state index contributed by atoms with van der Waals surface area (Å²) in [5.41, 5.74) is 4.91. The van der Waals surface area contributed by atoms with Gasteiger partial charge in [-0.15, -0.1) is 6.58 Å². The Balaban J connectivity index is 2.07. The van der Waals surface area contributed by atoms with Crippen molar-refractivity contribution in [2.45, 2.75) is 32.7 Å². The van der Waals surface area contributed by atoms with Crippen LogP contribution in [0.4, 0.5) is 11.4 Å². The summed E-state index contributed by atoms with van der Waals surface area (Å²) in [6, 6.07) is 5.22. The fraction of sp³-hybridized carbons (Fsp3) is 0.333. The highest BCUT2D eigenvalue weighted by atomic mass is 32.2. The number of aryl methyl sites for hydroxylation is 1. The number of rotatable bonds is 5. The van der Waals surface area contributed by atoms with Crippen LogP contribution in [0.25, 0.3) is 0 Å². The molecule has 1 aliphatic heterocycles. The highest BCUT2D eigenvalue weighted by molar-refractivity contribution is 7.92. The summed E-state index contributed by atoms with van der Waals surface area (Å²) in [7, 11) is -3.38. The van der Waals surface area contributed by atoms with E-state index in [-0.39, 0.29) is 11.8 Å². The van der Waals surface area contributed by atoms with Gasteiger partial charge in [-0.3, -0.25) is 14.2 Å². The molecule has 1 atom stereocenters. The Kier molecular flexibility index (Phi) is 4.62. The van der Waals surface area contributed by atoms with Gasteiger partial charge >= 0.3 is 0 Å². The minimum absolute atomic E-state index is 0.103. The number of allylic oxidation sites excluding steroid dienone is 1. The molecule has 8 heteroatoms. The lowest BCUT2D eigenvalue weighted by Gasteiger charge is -2.27. The molecule has 0 saturated carbocycles. The highest BCUT2D eigenvalue weighted by Gasteiger charge is 2.31. The number of nitrogens with one attached hydrogen (secondary N) is 2. The first-order chi connectivity index (χ1) is 12.2. The molecular weight excluding hydrogens is 352 g/mol. The third-order valence-electron chi connectivity index (χ3n) is 4.48. The predicted molar refractivity (Wildman–Crippen MR) is 102 cm³/mol. The number of aromatic nitrogens is 2. The first kappa shape index (κ1) is 18.2. The number of hydrogen-bond acceptors (Lipinski definition) is 4. The number of carbonyl (C=O) groups excluding carboxylic acids is 1. The molecule has 1 aliphatic rings. The van der Waals surface area contributed by atoms with Crippen LogP contribution in [0.1, 0.15) is 34.9 Å². The molecule has 3 rings (SSSR count). The molecule has 138 valence electrons. The maximum atomic E-state index is 12.3. The van der Waals surface area contributed by atoms with Crippen LogP contribution in [0.2, 0.25) is 0 Å². The maximum absolute atomic E-state index is 12.3. The molecule has 7 nitrogen and oxygen atoms in total. The Morgan fingerprint density at radius 2 is 2.15 bits per heavy atom. The van der Waals surface area contributed by atoms with E-state index in [0.29, 0.717) is 24.3 Å². The first-order valence-electron chi connectivity index (χ1n) is 8.26. The van der Waals surface area contributed by atoms with Crippen LogP contribution in [0.15, 0.2) is 30.9 Å². The zero-order chi connectivity index (χ0) is 19.1. The van der Waals surface area contributed by atoms with Gasteiger partial charge in [-0.05, 0) is 31.5 Å². The minimum Gasteiger partial charge on any atom is -0.326 e. The van der Waals surface area contributed by atoms with Crippen molar-refractivity contribution < 1.29 is 13.2 Å². The minimum atomic E-state index is -3.38. The monoisotopic (exact) mass is 374 g/mol. The standard InChI is InChI=1S/C18H22N4O3S/c1-5-8-22-12(3)18(11(2)20-22)15-10-17(23)19-16-9-13(6-7-14(15)16)21-26(4,24)25/h5-7,9,15,21H,1,8,10H2,2-4H3,(H,19,23)/t15-/m0/s1.